The average molecular weight is 427 g/mol. The van der Waals surface area contributed by atoms with Crippen molar-refractivity contribution in [3.63, 3.8) is 0 Å². The van der Waals surface area contributed by atoms with Gasteiger partial charge in [0.15, 0.2) is 0 Å². The molecule has 27 heavy (non-hydrogen) atoms. The lowest BCUT2D eigenvalue weighted by Crippen LogP contribution is -2.42. The topological polar surface area (TPSA) is 50.4 Å². The van der Waals surface area contributed by atoms with E-state index >= 15 is 0 Å². The van der Waals surface area contributed by atoms with Crippen LogP contribution in [0.4, 0.5) is 0 Å². The summed E-state index contributed by atoms with van der Waals surface area (Å²) in [5.41, 5.74) is 1.75. The zero-order valence-electron chi connectivity index (χ0n) is 15.1. The minimum absolute atomic E-state index is 0. The molecule has 3 rings (SSSR count). The van der Waals surface area contributed by atoms with Gasteiger partial charge in [-0.25, -0.2) is 0 Å². The molecule has 0 spiro atoms. The molecule has 2 aromatic rings. The first-order valence-electron chi connectivity index (χ1n) is 8.67. The Balaban J connectivity index is 0.00000261. The summed E-state index contributed by atoms with van der Waals surface area (Å²) in [7, 11) is 1.63. The van der Waals surface area contributed by atoms with Gasteiger partial charge in [0.1, 0.15) is 5.75 Å². The molecule has 1 saturated heterocycles. The van der Waals surface area contributed by atoms with E-state index < -0.39 is 0 Å². The first kappa shape index (κ1) is 21.9. The summed E-state index contributed by atoms with van der Waals surface area (Å²) in [4.78, 5) is 12.7. The number of carbonyl (C=O) groups is 1. The number of halogens is 2. The Kier molecular flexibility index (Phi) is 8.77. The monoisotopic (exact) mass is 426 g/mol. The van der Waals surface area contributed by atoms with Gasteiger partial charge in [0.25, 0.3) is 0 Å². The Labute approximate surface area is 175 Å². The molecule has 1 aliphatic rings. The predicted octanol–water partition coefficient (Wildman–Crippen LogP) is 4.07. The standard InChI is InChI=1S/C20H23ClN2O2S.ClH/c1-25-18-9-5-3-7-16(18)20(15-6-2-4-8-17(15)21)23-19(24)12-14-13-26-11-10-22-14;/h2-9,14,20,22H,10-13H2,1H3,(H,23,24);1H. The van der Waals surface area contributed by atoms with Crippen LogP contribution >= 0.6 is 35.8 Å². The van der Waals surface area contributed by atoms with E-state index in [4.69, 9.17) is 16.3 Å². The van der Waals surface area contributed by atoms with Crippen LogP contribution in [0.3, 0.4) is 0 Å². The highest BCUT2D eigenvalue weighted by molar-refractivity contribution is 7.99. The molecular formula is C20H24Cl2N2O2S. The highest BCUT2D eigenvalue weighted by atomic mass is 35.5. The lowest BCUT2D eigenvalue weighted by molar-refractivity contribution is -0.122. The number of rotatable bonds is 6. The van der Waals surface area contributed by atoms with Gasteiger partial charge in [-0.3, -0.25) is 4.79 Å². The largest absolute Gasteiger partial charge is 0.496 e. The second-order valence-corrected chi connectivity index (χ2v) is 7.75. The minimum Gasteiger partial charge on any atom is -0.496 e. The summed E-state index contributed by atoms with van der Waals surface area (Å²) in [5.74, 6) is 2.78. The first-order valence-corrected chi connectivity index (χ1v) is 10.2. The summed E-state index contributed by atoms with van der Waals surface area (Å²) < 4.78 is 5.51. The molecule has 7 heteroatoms. The third-order valence-corrected chi connectivity index (χ3v) is 5.88. The molecule has 2 atom stereocenters. The second kappa shape index (κ2) is 10.8. The van der Waals surface area contributed by atoms with Crippen LogP contribution in [0.5, 0.6) is 5.75 Å². The molecule has 0 bridgehead atoms. The van der Waals surface area contributed by atoms with Crippen LogP contribution in [0.2, 0.25) is 5.02 Å². The summed E-state index contributed by atoms with van der Waals surface area (Å²) in [5, 5.41) is 7.18. The Hall–Kier alpha value is -1.40. The number of para-hydroxylation sites is 1. The highest BCUT2D eigenvalue weighted by Gasteiger charge is 2.24. The number of hydrogen-bond donors (Lipinski definition) is 2. The summed E-state index contributed by atoms with van der Waals surface area (Å²) in [6.45, 7) is 0.947. The number of benzene rings is 2. The van der Waals surface area contributed by atoms with E-state index in [1.54, 1.807) is 7.11 Å². The van der Waals surface area contributed by atoms with Crippen molar-refractivity contribution in [1.82, 2.24) is 10.6 Å². The molecule has 1 amide bonds. The van der Waals surface area contributed by atoms with Gasteiger partial charge in [-0.2, -0.15) is 11.8 Å². The Bertz CT molecular complexity index is 754. The molecule has 1 fully saturated rings. The van der Waals surface area contributed by atoms with E-state index in [-0.39, 0.29) is 30.4 Å². The number of carbonyl (C=O) groups excluding carboxylic acids is 1. The highest BCUT2D eigenvalue weighted by Crippen LogP contribution is 2.33. The molecule has 2 aromatic carbocycles. The van der Waals surface area contributed by atoms with E-state index in [0.29, 0.717) is 11.4 Å². The number of nitrogens with one attached hydrogen (secondary N) is 2. The molecule has 0 radical (unpaired) electrons. The average Bonchev–Trinajstić information content (AvgIpc) is 2.67. The minimum atomic E-state index is -0.358. The third-order valence-electron chi connectivity index (χ3n) is 4.40. The molecule has 0 aliphatic carbocycles. The quantitative estimate of drug-likeness (QED) is 0.730. The molecular weight excluding hydrogens is 403 g/mol. The van der Waals surface area contributed by atoms with Gasteiger partial charge in [0, 0.05) is 41.1 Å². The van der Waals surface area contributed by atoms with Gasteiger partial charge in [0.2, 0.25) is 5.91 Å². The number of amides is 1. The van der Waals surface area contributed by atoms with Gasteiger partial charge >= 0.3 is 0 Å². The first-order chi connectivity index (χ1) is 12.7. The second-order valence-electron chi connectivity index (χ2n) is 6.19. The third kappa shape index (κ3) is 5.79. The van der Waals surface area contributed by atoms with E-state index in [9.17, 15) is 4.79 Å². The molecule has 1 aliphatic heterocycles. The number of ether oxygens (including phenoxy) is 1. The van der Waals surface area contributed by atoms with E-state index in [2.05, 4.69) is 10.6 Å². The molecule has 1 heterocycles. The Morgan fingerprint density at radius 2 is 1.96 bits per heavy atom. The normalized spacial score (nSPS) is 17.5. The fourth-order valence-electron chi connectivity index (χ4n) is 3.13. The molecule has 4 nitrogen and oxygen atoms in total. The van der Waals surface area contributed by atoms with Gasteiger partial charge < -0.3 is 15.4 Å². The van der Waals surface area contributed by atoms with Gasteiger partial charge in [-0.15, -0.1) is 12.4 Å². The fraction of sp³-hybridized carbons (Fsp3) is 0.350. The lowest BCUT2D eigenvalue weighted by Gasteiger charge is -2.26. The van der Waals surface area contributed by atoms with Crippen LogP contribution in [-0.4, -0.2) is 37.1 Å². The van der Waals surface area contributed by atoms with Crippen LogP contribution in [-0.2, 0) is 4.79 Å². The summed E-state index contributed by atoms with van der Waals surface area (Å²) in [6, 6.07) is 15.1. The number of hydrogen-bond acceptors (Lipinski definition) is 4. The molecule has 0 saturated carbocycles. The van der Waals surface area contributed by atoms with Crippen LogP contribution in [0, 0.1) is 0 Å². The molecule has 0 aromatic heterocycles. The maximum atomic E-state index is 12.7. The fourth-order valence-corrected chi connectivity index (χ4v) is 4.33. The van der Waals surface area contributed by atoms with Gasteiger partial charge in [-0.05, 0) is 17.7 Å². The van der Waals surface area contributed by atoms with Crippen molar-refractivity contribution >= 4 is 41.7 Å². The Morgan fingerprint density at radius 3 is 2.63 bits per heavy atom. The lowest BCUT2D eigenvalue weighted by atomic mass is 9.97. The zero-order chi connectivity index (χ0) is 18.4. The van der Waals surface area contributed by atoms with E-state index in [1.807, 2.05) is 60.3 Å². The van der Waals surface area contributed by atoms with E-state index in [1.165, 1.54) is 0 Å². The van der Waals surface area contributed by atoms with Crippen molar-refractivity contribution in [2.45, 2.75) is 18.5 Å². The Morgan fingerprint density at radius 1 is 1.26 bits per heavy atom. The number of methoxy groups -OCH3 is 1. The molecule has 2 unspecified atom stereocenters. The SMILES string of the molecule is COc1ccccc1C(NC(=O)CC1CSCCN1)c1ccccc1Cl.Cl. The van der Waals surface area contributed by atoms with Crippen molar-refractivity contribution in [2.24, 2.45) is 0 Å². The van der Waals surface area contributed by atoms with Crippen molar-refractivity contribution < 1.29 is 9.53 Å². The van der Waals surface area contributed by atoms with Crippen LogP contribution in [0.25, 0.3) is 0 Å². The van der Waals surface area contributed by atoms with Crippen molar-refractivity contribution in [3.8, 4) is 5.75 Å². The predicted molar refractivity (Wildman–Crippen MR) is 115 cm³/mol. The number of thioether (sulfide) groups is 1. The van der Waals surface area contributed by atoms with Crippen molar-refractivity contribution in [2.75, 3.05) is 25.2 Å². The maximum Gasteiger partial charge on any atom is 0.222 e. The van der Waals surface area contributed by atoms with Gasteiger partial charge in [-0.1, -0.05) is 48.0 Å². The zero-order valence-corrected chi connectivity index (χ0v) is 17.5. The van der Waals surface area contributed by atoms with Crippen LogP contribution in [0.1, 0.15) is 23.6 Å². The van der Waals surface area contributed by atoms with E-state index in [0.717, 1.165) is 34.9 Å². The smallest absolute Gasteiger partial charge is 0.222 e. The van der Waals surface area contributed by atoms with Crippen LogP contribution in [0.15, 0.2) is 48.5 Å². The molecule has 2 N–H and O–H groups in total. The van der Waals surface area contributed by atoms with Crippen LogP contribution < -0.4 is 15.4 Å². The maximum absolute atomic E-state index is 12.7. The summed E-state index contributed by atoms with van der Waals surface area (Å²) in [6.07, 6.45) is 0.448. The van der Waals surface area contributed by atoms with Crippen molar-refractivity contribution in [3.05, 3.63) is 64.7 Å². The molecule has 146 valence electrons. The van der Waals surface area contributed by atoms with Gasteiger partial charge in [0.05, 0.1) is 13.2 Å². The summed E-state index contributed by atoms with van der Waals surface area (Å²) >= 11 is 8.31. The van der Waals surface area contributed by atoms with Crippen molar-refractivity contribution in [1.29, 1.82) is 0 Å².